The molecule has 0 saturated heterocycles. The molecule has 4 heteroatoms. The lowest BCUT2D eigenvalue weighted by Gasteiger charge is -2.10. The van der Waals surface area contributed by atoms with Crippen molar-refractivity contribution in [3.05, 3.63) is 41.2 Å². The maximum atomic E-state index is 5.89. The second kappa shape index (κ2) is 7.07. The molecule has 112 valence electrons. The molecule has 0 spiro atoms. The van der Waals surface area contributed by atoms with E-state index in [9.17, 15) is 0 Å². The molecule has 2 aromatic rings. The Kier molecular flexibility index (Phi) is 5.14. The third kappa shape index (κ3) is 4.18. The van der Waals surface area contributed by atoms with Crippen molar-refractivity contribution in [3.8, 4) is 11.6 Å². The van der Waals surface area contributed by atoms with Crippen LogP contribution >= 0.6 is 0 Å². The number of rotatable bonds is 6. The van der Waals surface area contributed by atoms with Gasteiger partial charge in [-0.25, -0.2) is 4.98 Å². The molecule has 0 aliphatic rings. The first-order valence-electron chi connectivity index (χ1n) is 7.49. The maximum Gasteiger partial charge on any atom is 0.224 e. The monoisotopic (exact) mass is 285 g/mol. The van der Waals surface area contributed by atoms with Crippen molar-refractivity contribution in [2.75, 3.05) is 11.9 Å². The molecule has 4 nitrogen and oxygen atoms in total. The summed E-state index contributed by atoms with van der Waals surface area (Å²) >= 11 is 0. The van der Waals surface area contributed by atoms with Crippen molar-refractivity contribution in [1.29, 1.82) is 0 Å². The van der Waals surface area contributed by atoms with Crippen LogP contribution in [-0.4, -0.2) is 16.5 Å². The molecule has 0 aliphatic carbocycles. The van der Waals surface area contributed by atoms with Crippen LogP contribution in [-0.2, 0) is 6.42 Å². The molecule has 0 radical (unpaired) electrons. The van der Waals surface area contributed by atoms with Gasteiger partial charge < -0.3 is 10.1 Å². The zero-order valence-electron chi connectivity index (χ0n) is 13.2. The molecule has 21 heavy (non-hydrogen) atoms. The summed E-state index contributed by atoms with van der Waals surface area (Å²) in [6, 6.07) is 7.91. The summed E-state index contributed by atoms with van der Waals surface area (Å²) in [6.45, 7) is 9.23. The van der Waals surface area contributed by atoms with Crippen molar-refractivity contribution < 1.29 is 4.74 Å². The highest BCUT2D eigenvalue weighted by molar-refractivity contribution is 5.41. The lowest BCUT2D eigenvalue weighted by Crippen LogP contribution is -2.05. The van der Waals surface area contributed by atoms with Gasteiger partial charge in [-0.1, -0.05) is 19.9 Å². The number of aryl methyl sites for hydroxylation is 3. The van der Waals surface area contributed by atoms with Crippen molar-refractivity contribution in [3.63, 3.8) is 0 Å². The first kappa shape index (κ1) is 15.3. The fraction of sp³-hybridized carbons (Fsp3) is 0.412. The Hall–Kier alpha value is -2.10. The van der Waals surface area contributed by atoms with Crippen LogP contribution < -0.4 is 10.1 Å². The number of hydrogen-bond donors (Lipinski definition) is 1. The van der Waals surface area contributed by atoms with Crippen LogP contribution in [0, 0.1) is 13.8 Å². The van der Waals surface area contributed by atoms with E-state index in [4.69, 9.17) is 4.74 Å². The van der Waals surface area contributed by atoms with Gasteiger partial charge in [-0.3, -0.25) is 0 Å². The number of anilines is 1. The number of nitrogens with zero attached hydrogens (tertiary/aromatic N) is 2. The smallest absolute Gasteiger partial charge is 0.224 e. The number of hydrogen-bond acceptors (Lipinski definition) is 4. The van der Waals surface area contributed by atoms with E-state index in [2.05, 4.69) is 42.1 Å². The van der Waals surface area contributed by atoms with E-state index in [0.717, 1.165) is 36.8 Å². The van der Waals surface area contributed by atoms with Gasteiger partial charge >= 0.3 is 0 Å². The molecule has 1 heterocycles. The maximum absolute atomic E-state index is 5.89. The minimum Gasteiger partial charge on any atom is -0.439 e. The molecule has 1 aromatic heterocycles. The third-order valence-electron chi connectivity index (χ3n) is 3.32. The number of nitrogens with one attached hydrogen (secondary N) is 1. The Morgan fingerprint density at radius 3 is 2.52 bits per heavy atom. The Morgan fingerprint density at radius 2 is 1.86 bits per heavy atom. The SMILES string of the molecule is CCCNc1cc(Oc2ccc(C)c(C)c2)nc(CC)n1. The number of aromatic nitrogens is 2. The van der Waals surface area contributed by atoms with Gasteiger partial charge in [0.05, 0.1) is 0 Å². The van der Waals surface area contributed by atoms with E-state index in [-0.39, 0.29) is 0 Å². The zero-order valence-corrected chi connectivity index (χ0v) is 13.2. The summed E-state index contributed by atoms with van der Waals surface area (Å²) in [6.07, 6.45) is 1.84. The van der Waals surface area contributed by atoms with Crippen LogP contribution in [0.3, 0.4) is 0 Å². The van der Waals surface area contributed by atoms with Gasteiger partial charge in [0, 0.05) is 19.0 Å². The molecule has 2 rings (SSSR count). The molecule has 0 aliphatic heterocycles. The van der Waals surface area contributed by atoms with Crippen LogP contribution in [0.5, 0.6) is 11.6 Å². The Balaban J connectivity index is 2.23. The fourth-order valence-electron chi connectivity index (χ4n) is 1.92. The van der Waals surface area contributed by atoms with Crippen LogP contribution in [0.4, 0.5) is 5.82 Å². The van der Waals surface area contributed by atoms with E-state index in [1.165, 1.54) is 11.1 Å². The largest absolute Gasteiger partial charge is 0.439 e. The van der Waals surface area contributed by atoms with Gasteiger partial charge in [0.25, 0.3) is 0 Å². The Morgan fingerprint density at radius 1 is 1.05 bits per heavy atom. The fourth-order valence-corrected chi connectivity index (χ4v) is 1.92. The lowest BCUT2D eigenvalue weighted by atomic mass is 10.1. The standard InChI is InChI=1S/C17H23N3O/c1-5-9-18-16-11-17(20-15(6-2)19-16)21-14-8-7-12(3)13(4)10-14/h7-8,10-11H,5-6,9H2,1-4H3,(H,18,19,20). The van der Waals surface area contributed by atoms with E-state index >= 15 is 0 Å². The molecule has 0 amide bonds. The highest BCUT2D eigenvalue weighted by Crippen LogP contribution is 2.24. The lowest BCUT2D eigenvalue weighted by molar-refractivity contribution is 0.458. The van der Waals surface area contributed by atoms with Crippen LogP contribution in [0.2, 0.25) is 0 Å². The second-order valence-corrected chi connectivity index (χ2v) is 5.14. The van der Waals surface area contributed by atoms with Gasteiger partial charge in [0.15, 0.2) is 0 Å². The summed E-state index contributed by atoms with van der Waals surface area (Å²) in [5, 5.41) is 3.28. The molecule has 0 atom stereocenters. The number of ether oxygens (including phenoxy) is 1. The molecular formula is C17H23N3O. The average molecular weight is 285 g/mol. The zero-order chi connectivity index (χ0) is 15.2. The van der Waals surface area contributed by atoms with Crippen molar-refractivity contribution >= 4 is 5.82 Å². The first-order valence-corrected chi connectivity index (χ1v) is 7.49. The third-order valence-corrected chi connectivity index (χ3v) is 3.32. The highest BCUT2D eigenvalue weighted by Gasteiger charge is 2.06. The minimum atomic E-state index is 0.587. The topological polar surface area (TPSA) is 47.0 Å². The van der Waals surface area contributed by atoms with Gasteiger partial charge in [0.1, 0.15) is 17.4 Å². The van der Waals surface area contributed by atoms with Crippen LogP contribution in [0.25, 0.3) is 0 Å². The molecule has 1 aromatic carbocycles. The van der Waals surface area contributed by atoms with Gasteiger partial charge in [-0.15, -0.1) is 0 Å². The summed E-state index contributed by atoms with van der Waals surface area (Å²) in [7, 11) is 0. The average Bonchev–Trinajstić information content (AvgIpc) is 2.48. The Labute approximate surface area is 126 Å². The van der Waals surface area contributed by atoms with Crippen molar-refractivity contribution in [1.82, 2.24) is 9.97 Å². The Bertz CT molecular complexity index is 611. The van der Waals surface area contributed by atoms with E-state index in [1.54, 1.807) is 0 Å². The predicted octanol–water partition coefficient (Wildman–Crippen LogP) is 4.27. The van der Waals surface area contributed by atoms with Crippen molar-refractivity contribution in [2.24, 2.45) is 0 Å². The minimum absolute atomic E-state index is 0.587. The molecule has 0 saturated carbocycles. The number of benzene rings is 1. The van der Waals surface area contributed by atoms with Gasteiger partial charge in [-0.2, -0.15) is 4.98 Å². The summed E-state index contributed by atoms with van der Waals surface area (Å²) in [5.74, 6) is 3.00. The van der Waals surface area contributed by atoms with Crippen LogP contribution in [0.1, 0.15) is 37.2 Å². The first-order chi connectivity index (χ1) is 10.1. The van der Waals surface area contributed by atoms with Crippen molar-refractivity contribution in [2.45, 2.75) is 40.5 Å². The summed E-state index contributed by atoms with van der Waals surface area (Å²) < 4.78 is 5.89. The molecule has 1 N–H and O–H groups in total. The summed E-state index contributed by atoms with van der Waals surface area (Å²) in [5.41, 5.74) is 2.46. The van der Waals surface area contributed by atoms with Gasteiger partial charge in [-0.05, 0) is 43.5 Å². The summed E-state index contributed by atoms with van der Waals surface area (Å²) in [4.78, 5) is 8.89. The normalized spacial score (nSPS) is 10.5. The molecular weight excluding hydrogens is 262 g/mol. The quantitative estimate of drug-likeness (QED) is 0.861. The highest BCUT2D eigenvalue weighted by atomic mass is 16.5. The van der Waals surface area contributed by atoms with E-state index in [1.807, 2.05) is 25.1 Å². The van der Waals surface area contributed by atoms with Gasteiger partial charge in [0.2, 0.25) is 5.88 Å². The van der Waals surface area contributed by atoms with E-state index in [0.29, 0.717) is 5.88 Å². The predicted molar refractivity (Wildman–Crippen MR) is 86.2 cm³/mol. The molecule has 0 bridgehead atoms. The van der Waals surface area contributed by atoms with E-state index < -0.39 is 0 Å². The van der Waals surface area contributed by atoms with Crippen LogP contribution in [0.15, 0.2) is 24.3 Å². The molecule has 0 unspecified atom stereocenters. The second-order valence-electron chi connectivity index (χ2n) is 5.14. The molecule has 0 fully saturated rings.